The molecular formula is C10H10N2O3S. The molecule has 0 saturated carbocycles. The van der Waals surface area contributed by atoms with Gasteiger partial charge in [-0.25, -0.2) is 4.79 Å². The lowest BCUT2D eigenvalue weighted by molar-refractivity contribution is 0.274. The normalized spacial score (nSPS) is 10.6. The molecule has 0 bridgehead atoms. The molecular weight excluding hydrogens is 228 g/mol. The van der Waals surface area contributed by atoms with E-state index in [9.17, 15) is 9.59 Å². The predicted molar refractivity (Wildman–Crippen MR) is 61.7 cm³/mol. The van der Waals surface area contributed by atoms with E-state index >= 15 is 0 Å². The maximum absolute atomic E-state index is 11.5. The van der Waals surface area contributed by atoms with Gasteiger partial charge >= 0.3 is 5.69 Å². The second-order valence-electron chi connectivity index (χ2n) is 3.18. The Bertz CT molecular complexity index is 583. The molecule has 5 nitrogen and oxygen atoms in total. The average Bonchev–Trinajstić information content (AvgIpc) is 2.75. The number of thiophene rings is 1. The first kappa shape index (κ1) is 10.8. The first-order valence-electron chi connectivity index (χ1n) is 4.71. The van der Waals surface area contributed by atoms with E-state index in [1.54, 1.807) is 0 Å². The van der Waals surface area contributed by atoms with E-state index in [1.807, 2.05) is 17.5 Å². The van der Waals surface area contributed by atoms with Gasteiger partial charge in [0.1, 0.15) is 0 Å². The maximum Gasteiger partial charge on any atom is 0.328 e. The van der Waals surface area contributed by atoms with Gasteiger partial charge in [-0.15, -0.1) is 11.3 Å². The molecule has 2 aromatic heterocycles. The first-order valence-corrected chi connectivity index (χ1v) is 5.59. The number of aliphatic hydroxyl groups is 1. The van der Waals surface area contributed by atoms with Gasteiger partial charge in [-0.1, -0.05) is 6.07 Å². The molecule has 0 amide bonds. The van der Waals surface area contributed by atoms with Crippen LogP contribution in [0, 0.1) is 0 Å². The predicted octanol–water partition coefficient (Wildman–Crippen LogP) is 0.257. The zero-order valence-electron chi connectivity index (χ0n) is 8.34. The third-order valence-corrected chi connectivity index (χ3v) is 3.02. The number of nitrogens with one attached hydrogen (secondary N) is 1. The summed E-state index contributed by atoms with van der Waals surface area (Å²) in [7, 11) is 0. The van der Waals surface area contributed by atoms with Gasteiger partial charge in [0.15, 0.2) is 0 Å². The van der Waals surface area contributed by atoms with Crippen molar-refractivity contribution in [1.29, 1.82) is 0 Å². The quantitative estimate of drug-likeness (QED) is 0.805. The van der Waals surface area contributed by atoms with Crippen LogP contribution >= 0.6 is 11.3 Å². The van der Waals surface area contributed by atoms with Crippen LogP contribution in [-0.2, 0) is 6.54 Å². The smallest absolute Gasteiger partial charge is 0.328 e. The second-order valence-corrected chi connectivity index (χ2v) is 4.12. The van der Waals surface area contributed by atoms with Gasteiger partial charge < -0.3 is 5.11 Å². The van der Waals surface area contributed by atoms with Crippen LogP contribution in [0.1, 0.15) is 0 Å². The monoisotopic (exact) mass is 238 g/mol. The molecule has 2 aromatic rings. The Labute approximate surface area is 94.6 Å². The zero-order chi connectivity index (χ0) is 11.5. The lowest BCUT2D eigenvalue weighted by atomic mass is 10.3. The van der Waals surface area contributed by atoms with Gasteiger partial charge in [0.25, 0.3) is 5.56 Å². The zero-order valence-corrected chi connectivity index (χ0v) is 9.16. The van der Waals surface area contributed by atoms with Gasteiger partial charge in [-0.2, -0.15) is 0 Å². The third kappa shape index (κ3) is 1.98. The molecule has 0 aromatic carbocycles. The van der Waals surface area contributed by atoms with Crippen molar-refractivity contribution in [2.24, 2.45) is 0 Å². The topological polar surface area (TPSA) is 75.1 Å². The highest BCUT2D eigenvalue weighted by molar-refractivity contribution is 7.13. The summed E-state index contributed by atoms with van der Waals surface area (Å²) in [6.45, 7) is 0.0210. The van der Waals surface area contributed by atoms with E-state index in [0.717, 1.165) is 4.88 Å². The molecule has 0 aliphatic rings. The van der Waals surface area contributed by atoms with Crippen LogP contribution in [0.25, 0.3) is 10.6 Å². The fourth-order valence-electron chi connectivity index (χ4n) is 1.47. The van der Waals surface area contributed by atoms with E-state index in [1.165, 1.54) is 22.0 Å². The van der Waals surface area contributed by atoms with Crippen LogP contribution in [0.5, 0.6) is 0 Å². The fourth-order valence-corrected chi connectivity index (χ4v) is 2.22. The molecule has 0 saturated heterocycles. The largest absolute Gasteiger partial charge is 0.395 e. The molecule has 6 heteroatoms. The van der Waals surface area contributed by atoms with E-state index < -0.39 is 11.2 Å². The highest BCUT2D eigenvalue weighted by Gasteiger charge is 2.08. The molecule has 0 fully saturated rings. The number of nitrogens with zero attached hydrogens (tertiary/aromatic N) is 1. The van der Waals surface area contributed by atoms with Crippen LogP contribution in [0.4, 0.5) is 0 Å². The van der Waals surface area contributed by atoms with Crippen molar-refractivity contribution < 1.29 is 5.11 Å². The number of rotatable bonds is 3. The second kappa shape index (κ2) is 4.46. The van der Waals surface area contributed by atoms with Crippen molar-refractivity contribution in [2.45, 2.75) is 6.54 Å². The van der Waals surface area contributed by atoms with Crippen LogP contribution in [0.3, 0.4) is 0 Å². The number of hydrogen-bond acceptors (Lipinski definition) is 4. The van der Waals surface area contributed by atoms with Gasteiger partial charge in [0.05, 0.1) is 23.7 Å². The summed E-state index contributed by atoms with van der Waals surface area (Å²) in [5, 5.41) is 10.8. The third-order valence-electron chi connectivity index (χ3n) is 2.13. The van der Waals surface area contributed by atoms with Crippen molar-refractivity contribution >= 4 is 11.3 Å². The van der Waals surface area contributed by atoms with Gasteiger partial charge in [-0.05, 0) is 11.4 Å². The maximum atomic E-state index is 11.5. The minimum Gasteiger partial charge on any atom is -0.395 e. The van der Waals surface area contributed by atoms with Crippen molar-refractivity contribution in [2.75, 3.05) is 6.61 Å². The molecule has 0 spiro atoms. The molecule has 2 N–H and O–H groups in total. The summed E-state index contributed by atoms with van der Waals surface area (Å²) in [6.07, 6.45) is 0. The van der Waals surface area contributed by atoms with Crippen LogP contribution in [-0.4, -0.2) is 21.3 Å². The molecule has 16 heavy (non-hydrogen) atoms. The Morgan fingerprint density at radius 2 is 2.25 bits per heavy atom. The van der Waals surface area contributed by atoms with Crippen molar-refractivity contribution in [3.05, 3.63) is 44.4 Å². The molecule has 2 rings (SSSR count). The van der Waals surface area contributed by atoms with Crippen LogP contribution in [0.2, 0.25) is 0 Å². The summed E-state index contributed by atoms with van der Waals surface area (Å²) < 4.78 is 1.35. The van der Waals surface area contributed by atoms with Gasteiger partial charge in [0.2, 0.25) is 0 Å². The van der Waals surface area contributed by atoms with Gasteiger partial charge in [0, 0.05) is 6.07 Å². The Morgan fingerprint density at radius 1 is 1.44 bits per heavy atom. The molecule has 2 heterocycles. The van der Waals surface area contributed by atoms with Crippen LogP contribution < -0.4 is 11.2 Å². The summed E-state index contributed by atoms with van der Waals surface area (Å²) in [5.74, 6) is 0. The highest BCUT2D eigenvalue weighted by Crippen LogP contribution is 2.21. The molecule has 0 aliphatic heterocycles. The number of hydrogen-bond donors (Lipinski definition) is 2. The van der Waals surface area contributed by atoms with E-state index in [0.29, 0.717) is 5.69 Å². The number of aromatic amines is 1. The van der Waals surface area contributed by atoms with Crippen molar-refractivity contribution in [3.63, 3.8) is 0 Å². The van der Waals surface area contributed by atoms with Crippen molar-refractivity contribution in [1.82, 2.24) is 9.55 Å². The average molecular weight is 238 g/mol. The van der Waals surface area contributed by atoms with Gasteiger partial charge in [-0.3, -0.25) is 14.3 Å². The Morgan fingerprint density at radius 3 is 2.88 bits per heavy atom. The van der Waals surface area contributed by atoms with Crippen LogP contribution in [0.15, 0.2) is 33.2 Å². The van der Waals surface area contributed by atoms with E-state index in [4.69, 9.17) is 5.11 Å². The number of H-pyrrole nitrogens is 1. The number of aliphatic hydroxyl groups excluding tert-OH is 1. The minimum absolute atomic E-state index is 0.148. The molecule has 0 radical (unpaired) electrons. The Hall–Kier alpha value is -1.66. The Balaban J connectivity index is 2.67. The fraction of sp³-hybridized carbons (Fsp3) is 0.200. The standard InChI is InChI=1S/C10H10N2O3S/c13-4-3-12-7(8-2-1-5-16-8)6-9(14)11-10(12)15/h1-2,5-6,13H,3-4H2,(H,11,14,15). The summed E-state index contributed by atoms with van der Waals surface area (Å²) in [6, 6.07) is 5.03. The molecule has 0 unspecified atom stereocenters. The number of aromatic nitrogens is 2. The summed E-state index contributed by atoms with van der Waals surface area (Å²) in [4.78, 5) is 25.8. The summed E-state index contributed by atoms with van der Waals surface area (Å²) in [5.41, 5.74) is -0.384. The highest BCUT2D eigenvalue weighted by atomic mass is 32.1. The molecule has 0 atom stereocenters. The lowest BCUT2D eigenvalue weighted by Crippen LogP contribution is -2.31. The minimum atomic E-state index is -0.495. The Kier molecular flexibility index (Phi) is 3.02. The van der Waals surface area contributed by atoms with Crippen molar-refractivity contribution in [3.8, 4) is 10.6 Å². The first-order chi connectivity index (χ1) is 7.72. The molecule has 0 aliphatic carbocycles. The molecule has 84 valence electrons. The van der Waals surface area contributed by atoms with E-state index in [2.05, 4.69) is 4.98 Å². The lowest BCUT2D eigenvalue weighted by Gasteiger charge is -2.08. The van der Waals surface area contributed by atoms with E-state index in [-0.39, 0.29) is 13.2 Å². The SMILES string of the molecule is O=c1cc(-c2cccs2)n(CCO)c(=O)[nH]1. The summed E-state index contributed by atoms with van der Waals surface area (Å²) >= 11 is 1.44.